The lowest BCUT2D eigenvalue weighted by atomic mass is 10.3. The summed E-state index contributed by atoms with van der Waals surface area (Å²) in [7, 11) is -1.24. The van der Waals surface area contributed by atoms with Crippen molar-refractivity contribution in [3.63, 3.8) is 0 Å². The van der Waals surface area contributed by atoms with Crippen molar-refractivity contribution in [3.8, 4) is 0 Å². The Morgan fingerprint density at radius 2 is 1.90 bits per heavy atom. The summed E-state index contributed by atoms with van der Waals surface area (Å²) >= 11 is 0. The Labute approximate surface area is 121 Å². The fraction of sp³-hybridized carbons (Fsp3) is 0.571. The average molecular weight is 297 g/mol. The lowest BCUT2D eigenvalue weighted by molar-refractivity contribution is 0.246. The molecule has 1 aromatic rings. The molecule has 0 bridgehead atoms. The molecule has 0 atom stereocenters. The van der Waals surface area contributed by atoms with E-state index in [9.17, 15) is 8.42 Å². The first kappa shape index (κ1) is 15.3. The van der Waals surface area contributed by atoms with Gasteiger partial charge in [0.15, 0.2) is 9.84 Å². The van der Waals surface area contributed by atoms with Crippen LogP contribution in [0.5, 0.6) is 0 Å². The smallest absolute Gasteiger partial charge is 0.177 e. The molecule has 6 heteroatoms. The van der Waals surface area contributed by atoms with Crippen LogP contribution in [-0.2, 0) is 9.84 Å². The van der Waals surface area contributed by atoms with Crippen molar-refractivity contribution in [3.05, 3.63) is 24.3 Å². The van der Waals surface area contributed by atoms with Gasteiger partial charge in [0.25, 0.3) is 0 Å². The topological polar surface area (TPSA) is 52.6 Å². The predicted octanol–water partition coefficient (Wildman–Crippen LogP) is 0.432. The minimum atomic E-state index is -3.19. The molecule has 0 saturated carbocycles. The van der Waals surface area contributed by atoms with Gasteiger partial charge in [-0.15, -0.1) is 0 Å². The highest BCUT2D eigenvalue weighted by atomic mass is 32.2. The fourth-order valence-electron chi connectivity index (χ4n) is 2.43. The second-order valence-electron chi connectivity index (χ2n) is 5.25. The molecule has 0 aromatic heterocycles. The van der Waals surface area contributed by atoms with Crippen LogP contribution in [0.15, 0.2) is 29.2 Å². The predicted molar refractivity (Wildman–Crippen MR) is 82.1 cm³/mol. The van der Waals surface area contributed by atoms with Crippen molar-refractivity contribution in [2.75, 3.05) is 57.5 Å². The molecule has 0 unspecified atom stereocenters. The van der Waals surface area contributed by atoms with Crippen LogP contribution >= 0.6 is 0 Å². The lowest BCUT2D eigenvalue weighted by Crippen LogP contribution is -2.46. The zero-order valence-electron chi connectivity index (χ0n) is 12.2. The number of hydrogen-bond donors (Lipinski definition) is 1. The van der Waals surface area contributed by atoms with Gasteiger partial charge in [-0.25, -0.2) is 8.42 Å². The van der Waals surface area contributed by atoms with E-state index in [1.54, 1.807) is 12.1 Å². The zero-order valence-corrected chi connectivity index (χ0v) is 13.0. The molecule has 1 heterocycles. The maximum Gasteiger partial charge on any atom is 0.177 e. The van der Waals surface area contributed by atoms with Crippen LogP contribution < -0.4 is 10.2 Å². The Balaban J connectivity index is 2.03. The molecule has 112 valence electrons. The summed E-state index contributed by atoms with van der Waals surface area (Å²) in [6.45, 7) is 5.96. The Morgan fingerprint density at radius 3 is 2.55 bits per heavy atom. The maximum absolute atomic E-state index is 11.8. The molecule has 1 aromatic carbocycles. The molecule has 20 heavy (non-hydrogen) atoms. The van der Waals surface area contributed by atoms with Gasteiger partial charge in [0.2, 0.25) is 0 Å². The molecule has 1 saturated heterocycles. The van der Waals surface area contributed by atoms with E-state index in [-0.39, 0.29) is 0 Å². The van der Waals surface area contributed by atoms with Crippen molar-refractivity contribution in [1.82, 2.24) is 10.2 Å². The van der Waals surface area contributed by atoms with E-state index in [4.69, 9.17) is 0 Å². The number of nitrogens with zero attached hydrogens (tertiary/aromatic N) is 2. The number of benzene rings is 1. The zero-order chi connectivity index (χ0) is 14.6. The van der Waals surface area contributed by atoms with E-state index >= 15 is 0 Å². The number of hydrogen-bond acceptors (Lipinski definition) is 5. The van der Waals surface area contributed by atoms with E-state index in [1.807, 2.05) is 24.1 Å². The molecule has 1 aliphatic heterocycles. The van der Waals surface area contributed by atoms with Crippen LogP contribution in [0.1, 0.15) is 0 Å². The van der Waals surface area contributed by atoms with Crippen molar-refractivity contribution >= 4 is 15.5 Å². The van der Waals surface area contributed by atoms with Crippen LogP contribution in [0.3, 0.4) is 0 Å². The first-order chi connectivity index (χ1) is 9.48. The summed E-state index contributed by atoms with van der Waals surface area (Å²) in [5.41, 5.74) is 0.783. The number of rotatable bonds is 5. The second kappa shape index (κ2) is 6.56. The monoisotopic (exact) mass is 297 g/mol. The van der Waals surface area contributed by atoms with Gasteiger partial charge in [0.1, 0.15) is 0 Å². The molecule has 2 rings (SSSR count). The minimum Gasteiger partial charge on any atom is -0.372 e. The third-order valence-electron chi connectivity index (χ3n) is 3.64. The van der Waals surface area contributed by atoms with Crippen LogP contribution in [0.2, 0.25) is 0 Å². The van der Waals surface area contributed by atoms with E-state index < -0.39 is 9.84 Å². The van der Waals surface area contributed by atoms with Gasteiger partial charge < -0.3 is 10.2 Å². The lowest BCUT2D eigenvalue weighted by Gasteiger charge is -2.30. The van der Waals surface area contributed by atoms with E-state index in [0.29, 0.717) is 4.90 Å². The van der Waals surface area contributed by atoms with Gasteiger partial charge in [0, 0.05) is 52.6 Å². The molecule has 1 aliphatic rings. The number of nitrogens with one attached hydrogen (secondary N) is 1. The molecule has 0 aliphatic carbocycles. The van der Waals surface area contributed by atoms with Crippen molar-refractivity contribution in [1.29, 1.82) is 0 Å². The highest BCUT2D eigenvalue weighted by molar-refractivity contribution is 7.90. The van der Waals surface area contributed by atoms with Gasteiger partial charge >= 0.3 is 0 Å². The number of sulfone groups is 1. The molecule has 1 fully saturated rings. The number of piperazine rings is 1. The first-order valence-corrected chi connectivity index (χ1v) is 8.81. The maximum atomic E-state index is 11.8. The molecule has 5 nitrogen and oxygen atoms in total. The van der Waals surface area contributed by atoms with Crippen LogP contribution in [0, 0.1) is 0 Å². The highest BCUT2D eigenvalue weighted by Crippen LogP contribution is 2.23. The van der Waals surface area contributed by atoms with Crippen molar-refractivity contribution < 1.29 is 8.42 Å². The van der Waals surface area contributed by atoms with Gasteiger partial charge in [-0.2, -0.15) is 0 Å². The number of para-hydroxylation sites is 1. The summed E-state index contributed by atoms with van der Waals surface area (Å²) in [6, 6.07) is 7.19. The van der Waals surface area contributed by atoms with Gasteiger partial charge in [-0.05, 0) is 12.1 Å². The third-order valence-corrected chi connectivity index (χ3v) is 4.78. The summed E-state index contributed by atoms with van der Waals surface area (Å²) in [5.74, 6) is 0. The summed E-state index contributed by atoms with van der Waals surface area (Å²) in [6.07, 6.45) is 1.26. The van der Waals surface area contributed by atoms with Crippen molar-refractivity contribution in [2.45, 2.75) is 4.90 Å². The van der Waals surface area contributed by atoms with Gasteiger partial charge in [0.05, 0.1) is 10.6 Å². The SMILES string of the molecule is CN(CCN1CCNCC1)c1ccccc1S(C)(=O)=O. The Morgan fingerprint density at radius 1 is 1.25 bits per heavy atom. The standard InChI is InChI=1S/C14H23N3O2S/c1-16(11-12-17-9-7-15-8-10-17)13-5-3-4-6-14(13)20(2,18)19/h3-6,15H,7-12H2,1-2H3. The summed E-state index contributed by atoms with van der Waals surface area (Å²) in [5, 5.41) is 3.33. The van der Waals surface area contributed by atoms with Crippen LogP contribution in [0.25, 0.3) is 0 Å². The highest BCUT2D eigenvalue weighted by Gasteiger charge is 2.16. The number of likely N-dealkylation sites (N-methyl/N-ethyl adjacent to an activating group) is 1. The molecule has 1 N–H and O–H groups in total. The molecular formula is C14H23N3O2S. The third kappa shape index (κ3) is 3.94. The summed E-state index contributed by atoms with van der Waals surface area (Å²) < 4.78 is 23.6. The van der Waals surface area contributed by atoms with Crippen LogP contribution in [0.4, 0.5) is 5.69 Å². The van der Waals surface area contributed by atoms with Gasteiger partial charge in [-0.3, -0.25) is 4.90 Å². The van der Waals surface area contributed by atoms with Crippen molar-refractivity contribution in [2.24, 2.45) is 0 Å². The van der Waals surface area contributed by atoms with Crippen LogP contribution in [-0.4, -0.2) is 65.9 Å². The Bertz CT molecular complexity index is 539. The number of anilines is 1. The normalized spacial score (nSPS) is 17.1. The van der Waals surface area contributed by atoms with E-state index in [1.165, 1.54) is 6.26 Å². The molecular weight excluding hydrogens is 274 g/mol. The largest absolute Gasteiger partial charge is 0.372 e. The Kier molecular flexibility index (Phi) is 5.01. The fourth-order valence-corrected chi connectivity index (χ4v) is 3.36. The average Bonchev–Trinajstić information content (AvgIpc) is 2.45. The molecule has 0 spiro atoms. The minimum absolute atomic E-state index is 0.405. The second-order valence-corrected chi connectivity index (χ2v) is 7.24. The Hall–Kier alpha value is -1.11. The quantitative estimate of drug-likeness (QED) is 0.854. The van der Waals surface area contributed by atoms with Gasteiger partial charge in [-0.1, -0.05) is 12.1 Å². The first-order valence-electron chi connectivity index (χ1n) is 6.92. The van der Waals surface area contributed by atoms with E-state index in [2.05, 4.69) is 10.2 Å². The molecule has 0 radical (unpaired) electrons. The summed E-state index contributed by atoms with van der Waals surface area (Å²) in [4.78, 5) is 4.83. The van der Waals surface area contributed by atoms with E-state index in [0.717, 1.165) is 45.0 Å². The molecule has 0 amide bonds.